The van der Waals surface area contributed by atoms with Gasteiger partial charge in [0.2, 0.25) is 5.95 Å². The molecular weight excluding hydrogens is 367 g/mol. The van der Waals surface area contributed by atoms with Gasteiger partial charge in [-0.25, -0.2) is 9.37 Å². The van der Waals surface area contributed by atoms with Crippen molar-refractivity contribution in [2.45, 2.75) is 6.92 Å². The molecule has 0 spiro atoms. The maximum Gasteiger partial charge on any atom is 0.229 e. The smallest absolute Gasteiger partial charge is 0.229 e. The third-order valence-corrected chi connectivity index (χ3v) is 4.94. The van der Waals surface area contributed by atoms with Crippen LogP contribution in [0.5, 0.6) is 0 Å². The summed E-state index contributed by atoms with van der Waals surface area (Å²) < 4.78 is 13.4. The van der Waals surface area contributed by atoms with Gasteiger partial charge in [0.05, 0.1) is 0 Å². The van der Waals surface area contributed by atoms with Gasteiger partial charge >= 0.3 is 0 Å². The third-order valence-electron chi connectivity index (χ3n) is 4.94. The molecule has 4 rings (SSSR count). The highest BCUT2D eigenvalue weighted by Gasteiger charge is 2.14. The number of nitrogens with one attached hydrogen (secondary N) is 2. The van der Waals surface area contributed by atoms with E-state index in [1.807, 2.05) is 25.1 Å². The molecule has 0 atom stereocenters. The summed E-state index contributed by atoms with van der Waals surface area (Å²) >= 11 is 0. The van der Waals surface area contributed by atoms with E-state index in [4.69, 9.17) is 0 Å². The van der Waals surface area contributed by atoms with Crippen LogP contribution in [-0.2, 0) is 0 Å². The highest BCUT2D eigenvalue weighted by molar-refractivity contribution is 5.62. The Morgan fingerprint density at radius 3 is 2.34 bits per heavy atom. The van der Waals surface area contributed by atoms with Crippen molar-refractivity contribution in [2.24, 2.45) is 0 Å². The van der Waals surface area contributed by atoms with E-state index in [2.05, 4.69) is 49.6 Å². The first kappa shape index (κ1) is 19.1. The van der Waals surface area contributed by atoms with Gasteiger partial charge in [0, 0.05) is 55.0 Å². The van der Waals surface area contributed by atoms with Crippen molar-refractivity contribution in [2.75, 3.05) is 48.8 Å². The molecule has 6 nitrogen and oxygen atoms in total. The first-order valence-electron chi connectivity index (χ1n) is 9.74. The first-order valence-corrected chi connectivity index (χ1v) is 9.74. The van der Waals surface area contributed by atoms with Gasteiger partial charge in [0.15, 0.2) is 0 Å². The zero-order valence-electron chi connectivity index (χ0n) is 16.7. The van der Waals surface area contributed by atoms with E-state index in [-0.39, 0.29) is 5.82 Å². The molecule has 0 bridgehead atoms. The van der Waals surface area contributed by atoms with Gasteiger partial charge < -0.3 is 20.4 Å². The summed E-state index contributed by atoms with van der Waals surface area (Å²) in [6, 6.07) is 16.4. The molecule has 0 unspecified atom stereocenters. The summed E-state index contributed by atoms with van der Waals surface area (Å²) in [4.78, 5) is 13.7. The molecule has 0 saturated carbocycles. The Kier molecular flexibility index (Phi) is 5.57. The van der Waals surface area contributed by atoms with Gasteiger partial charge in [-0.2, -0.15) is 4.98 Å². The van der Waals surface area contributed by atoms with Crippen molar-refractivity contribution in [1.82, 2.24) is 14.9 Å². The molecule has 1 saturated heterocycles. The lowest BCUT2D eigenvalue weighted by atomic mass is 10.2. The number of aryl methyl sites for hydroxylation is 1. The fraction of sp³-hybridized carbons (Fsp3) is 0.273. The van der Waals surface area contributed by atoms with Gasteiger partial charge in [-0.3, -0.25) is 0 Å². The summed E-state index contributed by atoms with van der Waals surface area (Å²) in [5, 5.41) is 6.38. The molecule has 2 N–H and O–H groups in total. The molecule has 0 amide bonds. The average Bonchev–Trinajstić information content (AvgIpc) is 2.69. The summed E-state index contributed by atoms with van der Waals surface area (Å²) in [5.41, 5.74) is 3.61. The van der Waals surface area contributed by atoms with E-state index in [1.54, 1.807) is 12.1 Å². The van der Waals surface area contributed by atoms with Gasteiger partial charge in [-0.05, 0) is 56.4 Å². The van der Waals surface area contributed by atoms with Crippen molar-refractivity contribution in [3.8, 4) is 0 Å². The van der Waals surface area contributed by atoms with Crippen molar-refractivity contribution in [1.29, 1.82) is 0 Å². The Morgan fingerprint density at radius 2 is 1.62 bits per heavy atom. The number of aromatic nitrogens is 2. The third kappa shape index (κ3) is 5.00. The van der Waals surface area contributed by atoms with Gasteiger partial charge in [-0.15, -0.1) is 0 Å². The number of nitrogens with zero attached hydrogens (tertiary/aromatic N) is 4. The Balaban J connectivity index is 1.45. The minimum absolute atomic E-state index is 0.292. The lowest BCUT2D eigenvalue weighted by Crippen LogP contribution is -2.44. The number of hydrogen-bond donors (Lipinski definition) is 2. The van der Waals surface area contributed by atoms with Crippen molar-refractivity contribution < 1.29 is 4.39 Å². The van der Waals surface area contributed by atoms with Crippen LogP contribution in [0.4, 0.5) is 33.2 Å². The SMILES string of the molecule is Cc1cc(Nc2cccc(F)c2)nc(Nc2ccc(N3CCN(C)CC3)cc2)n1. The van der Waals surface area contributed by atoms with E-state index in [0.717, 1.165) is 37.6 Å². The standard InChI is InChI=1S/C22H25FN6/c1-16-14-21(25-19-5-3-4-17(23)15-19)27-22(24-16)26-18-6-8-20(9-7-18)29-12-10-28(2)11-13-29/h3-9,14-15H,10-13H2,1-2H3,(H2,24,25,26,27). The largest absolute Gasteiger partial charge is 0.369 e. The molecule has 2 aromatic carbocycles. The first-order chi connectivity index (χ1) is 14.0. The van der Waals surface area contributed by atoms with Crippen LogP contribution in [0.3, 0.4) is 0 Å². The Labute approximate surface area is 170 Å². The minimum Gasteiger partial charge on any atom is -0.369 e. The lowest BCUT2D eigenvalue weighted by molar-refractivity contribution is 0.313. The molecular formula is C22H25FN6. The molecule has 1 aromatic heterocycles. The topological polar surface area (TPSA) is 56.3 Å². The zero-order chi connectivity index (χ0) is 20.2. The maximum atomic E-state index is 13.4. The second-order valence-electron chi connectivity index (χ2n) is 7.32. The van der Waals surface area contributed by atoms with E-state index in [1.165, 1.54) is 17.8 Å². The van der Waals surface area contributed by atoms with E-state index in [9.17, 15) is 4.39 Å². The van der Waals surface area contributed by atoms with E-state index < -0.39 is 0 Å². The van der Waals surface area contributed by atoms with Crippen LogP contribution in [0.15, 0.2) is 54.6 Å². The van der Waals surface area contributed by atoms with Crippen molar-refractivity contribution >= 4 is 28.8 Å². The fourth-order valence-corrected chi connectivity index (χ4v) is 3.35. The van der Waals surface area contributed by atoms with E-state index in [0.29, 0.717) is 17.5 Å². The highest BCUT2D eigenvalue weighted by Crippen LogP contribution is 2.23. The van der Waals surface area contributed by atoms with Crippen LogP contribution in [0.2, 0.25) is 0 Å². The van der Waals surface area contributed by atoms with Gasteiger partial charge in [-0.1, -0.05) is 6.07 Å². The number of rotatable bonds is 5. The Bertz CT molecular complexity index is 967. The molecule has 7 heteroatoms. The monoisotopic (exact) mass is 392 g/mol. The molecule has 2 heterocycles. The Hall–Kier alpha value is -3.19. The molecule has 1 aliphatic heterocycles. The van der Waals surface area contributed by atoms with Crippen LogP contribution < -0.4 is 15.5 Å². The zero-order valence-corrected chi connectivity index (χ0v) is 16.7. The van der Waals surface area contributed by atoms with Crippen LogP contribution >= 0.6 is 0 Å². The lowest BCUT2D eigenvalue weighted by Gasteiger charge is -2.34. The maximum absolute atomic E-state index is 13.4. The van der Waals surface area contributed by atoms with Crippen LogP contribution in [0, 0.1) is 12.7 Å². The molecule has 0 aliphatic carbocycles. The number of benzene rings is 2. The second-order valence-corrected chi connectivity index (χ2v) is 7.32. The number of hydrogen-bond acceptors (Lipinski definition) is 6. The predicted octanol–water partition coefficient (Wildman–Crippen LogP) is 4.16. The number of anilines is 5. The molecule has 29 heavy (non-hydrogen) atoms. The average molecular weight is 392 g/mol. The summed E-state index contributed by atoms with van der Waals surface area (Å²) in [7, 11) is 2.16. The summed E-state index contributed by atoms with van der Waals surface area (Å²) in [6.45, 7) is 6.15. The minimum atomic E-state index is -0.292. The highest BCUT2D eigenvalue weighted by atomic mass is 19.1. The normalized spacial score (nSPS) is 14.7. The summed E-state index contributed by atoms with van der Waals surface area (Å²) in [5.74, 6) is 0.815. The second kappa shape index (κ2) is 8.45. The van der Waals surface area contributed by atoms with E-state index >= 15 is 0 Å². The van der Waals surface area contributed by atoms with Crippen molar-refractivity contribution in [3.63, 3.8) is 0 Å². The van der Waals surface area contributed by atoms with Gasteiger partial charge in [0.1, 0.15) is 11.6 Å². The summed E-state index contributed by atoms with van der Waals surface area (Å²) in [6.07, 6.45) is 0. The molecule has 1 aliphatic rings. The molecule has 150 valence electrons. The number of halogens is 1. The predicted molar refractivity (Wildman–Crippen MR) is 116 cm³/mol. The van der Waals surface area contributed by atoms with Crippen LogP contribution in [0.1, 0.15) is 5.69 Å². The quantitative estimate of drug-likeness (QED) is 0.680. The van der Waals surface area contributed by atoms with Crippen molar-refractivity contribution in [3.05, 3.63) is 66.1 Å². The van der Waals surface area contributed by atoms with Crippen LogP contribution in [-0.4, -0.2) is 48.1 Å². The molecule has 1 fully saturated rings. The van der Waals surface area contributed by atoms with Crippen LogP contribution in [0.25, 0.3) is 0 Å². The number of piperazine rings is 1. The number of likely N-dealkylation sites (N-methyl/N-ethyl adjacent to an activating group) is 1. The Morgan fingerprint density at radius 1 is 0.862 bits per heavy atom. The molecule has 3 aromatic rings. The van der Waals surface area contributed by atoms with Gasteiger partial charge in [0.25, 0.3) is 0 Å². The molecule has 0 radical (unpaired) electrons. The fourth-order valence-electron chi connectivity index (χ4n) is 3.35.